The predicted molar refractivity (Wildman–Crippen MR) is 108 cm³/mol. The van der Waals surface area contributed by atoms with Gasteiger partial charge in [0.15, 0.2) is 0 Å². The molecular formula is C22H32O4. The van der Waals surface area contributed by atoms with Crippen LogP contribution in [0.4, 0.5) is 0 Å². The Morgan fingerprint density at radius 2 is 1.46 bits per heavy atom. The first-order valence-electron chi connectivity index (χ1n) is 8.84. The van der Waals surface area contributed by atoms with Crippen LogP contribution in [0.15, 0.2) is 59.2 Å². The number of hydrogen-bond donors (Lipinski definition) is 3. The first kappa shape index (κ1) is 23.7. The Labute approximate surface area is 157 Å². The van der Waals surface area contributed by atoms with Crippen LogP contribution in [-0.2, 0) is 0 Å². The molecule has 0 saturated heterocycles. The van der Waals surface area contributed by atoms with Gasteiger partial charge in [-0.1, -0.05) is 47.1 Å². The number of aliphatic hydroxyl groups is 1. The van der Waals surface area contributed by atoms with Crippen molar-refractivity contribution in [1.29, 1.82) is 0 Å². The molecule has 1 aromatic carbocycles. The Morgan fingerprint density at radius 3 is 1.92 bits per heavy atom. The minimum Gasteiger partial charge on any atom is -0.507 e. The number of carboxylic acid groups (broad SMARTS) is 1. The molecule has 3 N–H and O–H groups in total. The predicted octanol–water partition coefficient (Wildman–Crippen LogP) is 5.49. The van der Waals surface area contributed by atoms with E-state index < -0.39 is 5.97 Å². The first-order valence-corrected chi connectivity index (χ1v) is 8.84. The van der Waals surface area contributed by atoms with E-state index in [9.17, 15) is 4.79 Å². The summed E-state index contributed by atoms with van der Waals surface area (Å²) in [5.41, 5.74) is 4.07. The van der Waals surface area contributed by atoms with Crippen molar-refractivity contribution in [2.45, 2.75) is 53.4 Å². The van der Waals surface area contributed by atoms with Gasteiger partial charge in [0.2, 0.25) is 0 Å². The van der Waals surface area contributed by atoms with Crippen molar-refractivity contribution < 1.29 is 20.1 Å². The second-order valence-corrected chi connectivity index (χ2v) is 6.46. The molecular weight excluding hydrogens is 328 g/mol. The van der Waals surface area contributed by atoms with Crippen LogP contribution in [0.5, 0.6) is 5.75 Å². The molecule has 144 valence electrons. The Morgan fingerprint density at radius 1 is 0.923 bits per heavy atom. The fourth-order valence-corrected chi connectivity index (χ4v) is 2.15. The van der Waals surface area contributed by atoms with Gasteiger partial charge in [0.25, 0.3) is 0 Å². The third-order valence-corrected chi connectivity index (χ3v) is 3.70. The monoisotopic (exact) mass is 360 g/mol. The number of hydrogen-bond acceptors (Lipinski definition) is 3. The standard InChI is InChI=1S/C15H26O.C7H6O3/c1-13(2)7-5-8-14(3)9-6-10-15(4)11-12-16;8-6-4-2-1-3-5(6)7(9)10/h7,9,11,16H,5-6,8,10,12H2,1-4H3;1-4,8H,(H,9,10). The molecule has 4 nitrogen and oxygen atoms in total. The second-order valence-electron chi connectivity index (χ2n) is 6.46. The highest BCUT2D eigenvalue weighted by Crippen LogP contribution is 2.14. The van der Waals surface area contributed by atoms with E-state index in [1.54, 1.807) is 12.1 Å². The minimum atomic E-state index is -1.11. The van der Waals surface area contributed by atoms with Crippen molar-refractivity contribution in [3.8, 4) is 5.75 Å². The van der Waals surface area contributed by atoms with E-state index in [0.717, 1.165) is 25.7 Å². The smallest absolute Gasteiger partial charge is 0.339 e. The number of carbonyl (C=O) groups is 1. The summed E-state index contributed by atoms with van der Waals surface area (Å²) in [5.74, 6) is -1.31. The van der Waals surface area contributed by atoms with Crippen molar-refractivity contribution >= 4 is 5.97 Å². The van der Waals surface area contributed by atoms with E-state index in [-0.39, 0.29) is 17.9 Å². The highest BCUT2D eigenvalue weighted by molar-refractivity contribution is 5.90. The van der Waals surface area contributed by atoms with E-state index in [1.807, 2.05) is 6.08 Å². The number of para-hydroxylation sites is 1. The summed E-state index contributed by atoms with van der Waals surface area (Å²) in [6.45, 7) is 8.71. The van der Waals surface area contributed by atoms with Crippen LogP contribution in [0.3, 0.4) is 0 Å². The maximum Gasteiger partial charge on any atom is 0.339 e. The Bertz CT molecular complexity index is 635. The number of aromatic carboxylic acids is 1. The van der Waals surface area contributed by atoms with Gasteiger partial charge >= 0.3 is 5.97 Å². The van der Waals surface area contributed by atoms with E-state index in [2.05, 4.69) is 39.8 Å². The molecule has 0 heterocycles. The molecule has 0 aliphatic rings. The Kier molecular flexibility index (Phi) is 12.7. The van der Waals surface area contributed by atoms with Crippen LogP contribution < -0.4 is 0 Å². The van der Waals surface area contributed by atoms with Gasteiger partial charge in [0, 0.05) is 0 Å². The van der Waals surface area contributed by atoms with Gasteiger partial charge in [0.05, 0.1) is 6.61 Å². The molecule has 0 unspecified atom stereocenters. The van der Waals surface area contributed by atoms with E-state index >= 15 is 0 Å². The lowest BCUT2D eigenvalue weighted by Crippen LogP contribution is -1.95. The van der Waals surface area contributed by atoms with E-state index in [1.165, 1.54) is 28.9 Å². The largest absolute Gasteiger partial charge is 0.507 e. The lowest BCUT2D eigenvalue weighted by Gasteiger charge is -2.00. The first-order chi connectivity index (χ1) is 12.3. The Balaban J connectivity index is 0.000000531. The number of aromatic hydroxyl groups is 1. The fourth-order valence-electron chi connectivity index (χ4n) is 2.15. The molecule has 0 spiro atoms. The highest BCUT2D eigenvalue weighted by atomic mass is 16.4. The number of benzene rings is 1. The quantitative estimate of drug-likeness (QED) is 0.536. The summed E-state index contributed by atoms with van der Waals surface area (Å²) in [4.78, 5) is 10.3. The van der Waals surface area contributed by atoms with Gasteiger partial charge in [-0.05, 0) is 65.5 Å². The maximum absolute atomic E-state index is 10.3. The van der Waals surface area contributed by atoms with Gasteiger partial charge in [-0.3, -0.25) is 0 Å². The molecule has 0 bridgehead atoms. The van der Waals surface area contributed by atoms with Crippen LogP contribution in [0.1, 0.15) is 63.7 Å². The van der Waals surface area contributed by atoms with E-state index in [0.29, 0.717) is 0 Å². The molecule has 0 radical (unpaired) electrons. The van der Waals surface area contributed by atoms with Crippen molar-refractivity contribution in [2.24, 2.45) is 0 Å². The van der Waals surface area contributed by atoms with Crippen LogP contribution in [0.2, 0.25) is 0 Å². The van der Waals surface area contributed by atoms with Crippen molar-refractivity contribution in [3.63, 3.8) is 0 Å². The lowest BCUT2D eigenvalue weighted by atomic mass is 10.1. The van der Waals surface area contributed by atoms with E-state index in [4.69, 9.17) is 15.3 Å². The average molecular weight is 360 g/mol. The van der Waals surface area contributed by atoms with Crippen LogP contribution in [0, 0.1) is 0 Å². The zero-order chi connectivity index (χ0) is 19.9. The van der Waals surface area contributed by atoms with Crippen molar-refractivity contribution in [3.05, 3.63) is 64.8 Å². The molecule has 0 aliphatic carbocycles. The van der Waals surface area contributed by atoms with Crippen LogP contribution >= 0.6 is 0 Å². The van der Waals surface area contributed by atoms with Gasteiger partial charge in [-0.15, -0.1) is 0 Å². The molecule has 1 aromatic rings. The topological polar surface area (TPSA) is 77.8 Å². The third-order valence-electron chi connectivity index (χ3n) is 3.70. The molecule has 0 fully saturated rings. The number of aliphatic hydroxyl groups excluding tert-OH is 1. The summed E-state index contributed by atoms with van der Waals surface area (Å²) in [7, 11) is 0. The van der Waals surface area contributed by atoms with Crippen molar-refractivity contribution in [2.75, 3.05) is 6.61 Å². The number of phenols is 1. The van der Waals surface area contributed by atoms with Gasteiger partial charge in [-0.2, -0.15) is 0 Å². The summed E-state index contributed by atoms with van der Waals surface area (Å²) in [6, 6.07) is 5.81. The third kappa shape index (κ3) is 12.1. The van der Waals surface area contributed by atoms with Gasteiger partial charge < -0.3 is 15.3 Å². The zero-order valence-corrected chi connectivity index (χ0v) is 16.3. The summed E-state index contributed by atoms with van der Waals surface area (Å²) in [5, 5.41) is 26.0. The minimum absolute atomic E-state index is 0.0671. The number of rotatable bonds is 8. The molecule has 0 saturated carbocycles. The lowest BCUT2D eigenvalue weighted by molar-refractivity contribution is 0.0693. The molecule has 4 heteroatoms. The fraction of sp³-hybridized carbons (Fsp3) is 0.409. The molecule has 0 aromatic heterocycles. The molecule has 0 amide bonds. The summed E-state index contributed by atoms with van der Waals surface area (Å²) < 4.78 is 0. The highest BCUT2D eigenvalue weighted by Gasteiger charge is 2.05. The molecule has 1 rings (SSSR count). The summed E-state index contributed by atoms with van der Waals surface area (Å²) >= 11 is 0. The molecule has 0 atom stereocenters. The maximum atomic E-state index is 10.3. The second kappa shape index (κ2) is 13.9. The van der Waals surface area contributed by atoms with Crippen molar-refractivity contribution in [1.82, 2.24) is 0 Å². The van der Waals surface area contributed by atoms with Gasteiger partial charge in [0.1, 0.15) is 11.3 Å². The average Bonchev–Trinajstić information content (AvgIpc) is 2.55. The number of carboxylic acids is 1. The zero-order valence-electron chi connectivity index (χ0n) is 16.3. The normalized spacial score (nSPS) is 11.4. The van der Waals surface area contributed by atoms with Crippen LogP contribution in [0.25, 0.3) is 0 Å². The molecule has 0 aliphatic heterocycles. The van der Waals surface area contributed by atoms with Crippen LogP contribution in [-0.4, -0.2) is 27.9 Å². The van der Waals surface area contributed by atoms with Gasteiger partial charge in [-0.25, -0.2) is 4.79 Å². The Hall–Kier alpha value is -2.33. The number of allylic oxidation sites excluding steroid dienone is 5. The SMILES string of the molecule is CC(C)=CCCC(C)=CCCC(C)=CCO.O=C(O)c1ccccc1O. The molecule has 26 heavy (non-hydrogen) atoms. The summed E-state index contributed by atoms with van der Waals surface area (Å²) in [6.07, 6.45) is 10.9.